The molecular formula is C12H22O12. The van der Waals surface area contributed by atoms with E-state index >= 15 is 0 Å². The average Bonchev–Trinajstić information content (AvgIpc) is 2.52. The average molecular weight is 358 g/mol. The highest BCUT2D eigenvalue weighted by Crippen LogP contribution is 1.92. The van der Waals surface area contributed by atoms with Crippen molar-refractivity contribution in [1.29, 1.82) is 0 Å². The fraction of sp³-hybridized carbons (Fsp3) is 0.667. The second-order valence-corrected chi connectivity index (χ2v) is 3.32. The first-order valence-electron chi connectivity index (χ1n) is 6.22. The molecule has 0 spiro atoms. The maximum Gasteiger partial charge on any atom is 0.507 e. The number of carbonyl (C=O) groups excluding carboxylic acids is 2. The lowest BCUT2D eigenvalue weighted by molar-refractivity contribution is 0.0122. The summed E-state index contributed by atoms with van der Waals surface area (Å²) >= 11 is 0. The Balaban J connectivity index is -0.000000294. The standard InChI is InChI=1S/C5H8O6.C4H8O3.C3H6O3/c1-3(11-5(8)9)2-10-4(6)7;1-3-7-4(5)6-2;1-5-3(4)6-2/h3H,2H2,1H3,(H,6,7)(H,8,9);3H2,1-2H3;1-2H3. The van der Waals surface area contributed by atoms with E-state index in [0.29, 0.717) is 6.61 Å². The van der Waals surface area contributed by atoms with Crippen molar-refractivity contribution >= 4 is 24.6 Å². The number of ether oxygens (including phenoxy) is 6. The third-order valence-electron chi connectivity index (χ3n) is 1.51. The lowest BCUT2D eigenvalue weighted by atomic mass is 10.4. The van der Waals surface area contributed by atoms with E-state index in [9.17, 15) is 19.2 Å². The highest BCUT2D eigenvalue weighted by atomic mass is 16.7. The van der Waals surface area contributed by atoms with Crippen LogP contribution in [0.2, 0.25) is 0 Å². The van der Waals surface area contributed by atoms with Gasteiger partial charge in [-0.2, -0.15) is 0 Å². The molecule has 0 amide bonds. The Morgan fingerprint density at radius 2 is 1.29 bits per heavy atom. The Morgan fingerprint density at radius 3 is 1.50 bits per heavy atom. The molecule has 0 fully saturated rings. The monoisotopic (exact) mass is 358 g/mol. The van der Waals surface area contributed by atoms with Gasteiger partial charge in [0.2, 0.25) is 0 Å². The molecule has 0 saturated heterocycles. The van der Waals surface area contributed by atoms with Gasteiger partial charge in [0.15, 0.2) is 0 Å². The van der Waals surface area contributed by atoms with E-state index in [1.807, 2.05) is 0 Å². The number of carbonyl (C=O) groups is 4. The van der Waals surface area contributed by atoms with Crippen molar-refractivity contribution in [2.45, 2.75) is 20.0 Å². The second kappa shape index (κ2) is 18.1. The summed E-state index contributed by atoms with van der Waals surface area (Å²) in [6.07, 6.45) is -4.96. The molecule has 24 heavy (non-hydrogen) atoms. The normalized spacial score (nSPS) is 9.38. The van der Waals surface area contributed by atoms with Crippen molar-refractivity contribution in [2.75, 3.05) is 34.5 Å². The highest BCUT2D eigenvalue weighted by molar-refractivity contribution is 5.59. The first-order chi connectivity index (χ1) is 11.1. The van der Waals surface area contributed by atoms with Gasteiger partial charge in [0, 0.05) is 0 Å². The van der Waals surface area contributed by atoms with Gasteiger partial charge in [0.25, 0.3) is 0 Å². The molecule has 0 radical (unpaired) electrons. The van der Waals surface area contributed by atoms with E-state index in [0.717, 1.165) is 0 Å². The highest BCUT2D eigenvalue weighted by Gasteiger charge is 2.09. The molecule has 0 rings (SSSR count). The molecular weight excluding hydrogens is 336 g/mol. The minimum Gasteiger partial charge on any atom is -0.450 e. The maximum absolute atomic E-state index is 9.97. The smallest absolute Gasteiger partial charge is 0.450 e. The van der Waals surface area contributed by atoms with Crippen LogP contribution in [-0.2, 0) is 28.4 Å². The Morgan fingerprint density at radius 1 is 0.833 bits per heavy atom. The van der Waals surface area contributed by atoms with Crippen LogP contribution in [-0.4, -0.2) is 75.5 Å². The van der Waals surface area contributed by atoms with Crippen LogP contribution in [0, 0.1) is 0 Å². The summed E-state index contributed by atoms with van der Waals surface area (Å²) in [6, 6.07) is 0. The summed E-state index contributed by atoms with van der Waals surface area (Å²) in [6.45, 7) is 3.18. The molecule has 12 heteroatoms. The second-order valence-electron chi connectivity index (χ2n) is 3.32. The van der Waals surface area contributed by atoms with Crippen molar-refractivity contribution in [2.24, 2.45) is 0 Å². The number of hydrogen-bond donors (Lipinski definition) is 2. The van der Waals surface area contributed by atoms with Crippen molar-refractivity contribution in [3.8, 4) is 0 Å². The number of hydrogen-bond acceptors (Lipinski definition) is 10. The molecule has 0 saturated carbocycles. The zero-order chi connectivity index (χ0) is 19.5. The van der Waals surface area contributed by atoms with Gasteiger partial charge in [0.05, 0.1) is 27.9 Å². The molecule has 0 bridgehead atoms. The Labute approximate surface area is 138 Å². The third-order valence-corrected chi connectivity index (χ3v) is 1.51. The minimum absolute atomic E-state index is 0.290. The van der Waals surface area contributed by atoms with E-state index < -0.39 is 30.7 Å². The predicted octanol–water partition coefficient (Wildman–Crippen LogP) is 1.95. The van der Waals surface area contributed by atoms with Crippen LogP contribution in [0.25, 0.3) is 0 Å². The molecule has 12 nitrogen and oxygen atoms in total. The molecule has 0 aromatic carbocycles. The van der Waals surface area contributed by atoms with Gasteiger partial charge in [-0.15, -0.1) is 0 Å². The summed E-state index contributed by atoms with van der Waals surface area (Å²) in [5.41, 5.74) is 0. The Hall–Kier alpha value is -2.92. The molecule has 1 unspecified atom stereocenters. The molecule has 0 aliphatic heterocycles. The van der Waals surface area contributed by atoms with Crippen LogP contribution in [0.5, 0.6) is 0 Å². The molecule has 0 aromatic heterocycles. The molecule has 0 aliphatic carbocycles. The zero-order valence-corrected chi connectivity index (χ0v) is 14.0. The number of methoxy groups -OCH3 is 3. The molecule has 1 atom stereocenters. The fourth-order valence-electron chi connectivity index (χ4n) is 0.655. The number of rotatable bonds is 4. The maximum atomic E-state index is 9.97. The number of carboxylic acid groups (broad SMARTS) is 2. The van der Waals surface area contributed by atoms with Crippen LogP contribution in [0.3, 0.4) is 0 Å². The van der Waals surface area contributed by atoms with Gasteiger partial charge in [-0.25, -0.2) is 19.2 Å². The van der Waals surface area contributed by atoms with Crippen molar-refractivity contribution in [3.05, 3.63) is 0 Å². The van der Waals surface area contributed by atoms with Gasteiger partial charge in [-0.05, 0) is 13.8 Å². The summed E-state index contributed by atoms with van der Waals surface area (Å²) in [5, 5.41) is 16.0. The van der Waals surface area contributed by atoms with Crippen molar-refractivity contribution in [3.63, 3.8) is 0 Å². The van der Waals surface area contributed by atoms with E-state index in [2.05, 4.69) is 28.4 Å². The molecule has 2 N–H and O–H groups in total. The minimum atomic E-state index is -1.45. The van der Waals surface area contributed by atoms with Crippen LogP contribution in [0.15, 0.2) is 0 Å². The molecule has 0 aromatic rings. The third kappa shape index (κ3) is 27.4. The Bertz CT molecular complexity index is 361. The summed E-state index contributed by atoms with van der Waals surface area (Å²) < 4.78 is 24.7. The van der Waals surface area contributed by atoms with Gasteiger partial charge >= 0.3 is 24.6 Å². The molecule has 142 valence electrons. The lowest BCUT2D eigenvalue weighted by Crippen LogP contribution is -2.20. The van der Waals surface area contributed by atoms with Crippen LogP contribution in [0.1, 0.15) is 13.8 Å². The summed E-state index contributed by atoms with van der Waals surface area (Å²) in [5.74, 6) is 0. The van der Waals surface area contributed by atoms with Gasteiger partial charge < -0.3 is 38.6 Å². The first-order valence-corrected chi connectivity index (χ1v) is 6.22. The first kappa shape index (κ1) is 26.0. The lowest BCUT2D eigenvalue weighted by Gasteiger charge is -2.08. The van der Waals surface area contributed by atoms with E-state index in [1.165, 1.54) is 28.3 Å². The summed E-state index contributed by atoms with van der Waals surface area (Å²) in [4.78, 5) is 39.3. The van der Waals surface area contributed by atoms with Crippen LogP contribution in [0.4, 0.5) is 19.2 Å². The van der Waals surface area contributed by atoms with E-state index in [4.69, 9.17) is 10.2 Å². The molecule has 0 aliphatic rings. The van der Waals surface area contributed by atoms with Gasteiger partial charge in [-0.3, -0.25) is 0 Å². The summed E-state index contributed by atoms with van der Waals surface area (Å²) in [7, 11) is 3.79. The van der Waals surface area contributed by atoms with E-state index in [-0.39, 0.29) is 6.61 Å². The van der Waals surface area contributed by atoms with Gasteiger partial charge in [0.1, 0.15) is 12.7 Å². The van der Waals surface area contributed by atoms with Crippen molar-refractivity contribution < 1.29 is 57.8 Å². The van der Waals surface area contributed by atoms with Gasteiger partial charge in [-0.1, -0.05) is 0 Å². The Kier molecular flexibility index (Phi) is 19.6. The fourth-order valence-corrected chi connectivity index (χ4v) is 0.655. The molecule has 0 heterocycles. The van der Waals surface area contributed by atoms with E-state index in [1.54, 1.807) is 6.92 Å². The van der Waals surface area contributed by atoms with Crippen LogP contribution >= 0.6 is 0 Å². The SMILES string of the molecule is CC(COC(=O)O)OC(=O)O.CCOC(=O)OC.COC(=O)OC. The van der Waals surface area contributed by atoms with Crippen LogP contribution < -0.4 is 0 Å². The predicted molar refractivity (Wildman–Crippen MR) is 76.0 cm³/mol. The van der Waals surface area contributed by atoms with Crippen molar-refractivity contribution in [1.82, 2.24) is 0 Å². The quantitative estimate of drug-likeness (QED) is 0.555. The zero-order valence-electron chi connectivity index (χ0n) is 14.0. The largest absolute Gasteiger partial charge is 0.507 e. The topological polar surface area (TPSA) is 164 Å².